The Morgan fingerprint density at radius 1 is 0.889 bits per heavy atom. The molecule has 0 radical (unpaired) electrons. The van der Waals surface area contributed by atoms with Gasteiger partial charge in [0.05, 0.1) is 10.0 Å². The fourth-order valence-electron chi connectivity index (χ4n) is 2.75. The van der Waals surface area contributed by atoms with Crippen molar-refractivity contribution in [1.82, 2.24) is 0 Å². The maximum Gasteiger partial charge on any atom is 0.0595 e. The van der Waals surface area contributed by atoms with E-state index in [0.717, 1.165) is 12.8 Å². The van der Waals surface area contributed by atoms with Gasteiger partial charge in [-0.15, -0.1) is 0 Å². The lowest BCUT2D eigenvalue weighted by molar-refractivity contribution is 0.585. The van der Waals surface area contributed by atoms with Crippen LogP contribution >= 0.6 is 23.2 Å². The predicted octanol–water partition coefficient (Wildman–Crippen LogP) is 5.27. The zero-order valence-electron chi connectivity index (χ0n) is 10.00. The summed E-state index contributed by atoms with van der Waals surface area (Å²) in [6.45, 7) is 0. The molecule has 0 bridgehead atoms. The summed E-state index contributed by atoms with van der Waals surface area (Å²) in [7, 11) is 0. The Kier molecular flexibility index (Phi) is 3.32. The monoisotopic (exact) mass is 276 g/mol. The van der Waals surface area contributed by atoms with Crippen molar-refractivity contribution in [3.8, 4) is 0 Å². The van der Waals surface area contributed by atoms with Gasteiger partial charge in [-0.3, -0.25) is 0 Å². The highest BCUT2D eigenvalue weighted by molar-refractivity contribution is 6.42. The van der Waals surface area contributed by atoms with Crippen LogP contribution in [0.15, 0.2) is 42.5 Å². The number of hydrogen-bond acceptors (Lipinski definition) is 0. The van der Waals surface area contributed by atoms with Crippen LogP contribution in [0.5, 0.6) is 0 Å². The summed E-state index contributed by atoms with van der Waals surface area (Å²) in [5.74, 6) is 0.565. The molecule has 2 aromatic rings. The Morgan fingerprint density at radius 3 is 2.44 bits per heavy atom. The van der Waals surface area contributed by atoms with Gasteiger partial charge >= 0.3 is 0 Å². The second-order valence-electron chi connectivity index (χ2n) is 4.88. The van der Waals surface area contributed by atoms with E-state index in [1.165, 1.54) is 23.1 Å². The van der Waals surface area contributed by atoms with E-state index in [1.54, 1.807) is 0 Å². The van der Waals surface area contributed by atoms with Crippen molar-refractivity contribution < 1.29 is 0 Å². The fraction of sp³-hybridized carbons (Fsp3) is 0.250. The molecule has 3 rings (SSSR count). The first-order valence-corrected chi connectivity index (χ1v) is 7.01. The summed E-state index contributed by atoms with van der Waals surface area (Å²) in [6.07, 6.45) is 3.45. The van der Waals surface area contributed by atoms with Crippen LogP contribution < -0.4 is 0 Å². The second-order valence-corrected chi connectivity index (χ2v) is 5.70. The minimum Gasteiger partial charge on any atom is -0.0827 e. The molecule has 92 valence electrons. The molecule has 0 saturated carbocycles. The third kappa shape index (κ3) is 2.28. The van der Waals surface area contributed by atoms with Crippen LogP contribution in [0.3, 0.4) is 0 Å². The highest BCUT2D eigenvalue weighted by atomic mass is 35.5. The fourth-order valence-corrected chi connectivity index (χ4v) is 3.06. The minimum absolute atomic E-state index is 0.565. The molecule has 1 atom stereocenters. The SMILES string of the molecule is Clc1ccc([C@H]2CCc3ccccc3C2)cc1Cl. The van der Waals surface area contributed by atoms with Gasteiger partial charge in [0.2, 0.25) is 0 Å². The Bertz CT molecular complexity index is 575. The molecule has 0 amide bonds. The predicted molar refractivity (Wildman–Crippen MR) is 77.7 cm³/mol. The number of fused-ring (bicyclic) bond motifs is 1. The summed E-state index contributed by atoms with van der Waals surface area (Å²) in [5, 5.41) is 1.30. The first kappa shape index (κ1) is 12.1. The van der Waals surface area contributed by atoms with Crippen LogP contribution in [0.2, 0.25) is 10.0 Å². The van der Waals surface area contributed by atoms with E-state index in [0.29, 0.717) is 16.0 Å². The largest absolute Gasteiger partial charge is 0.0827 e. The van der Waals surface area contributed by atoms with Gasteiger partial charge in [-0.05, 0) is 54.0 Å². The van der Waals surface area contributed by atoms with E-state index in [4.69, 9.17) is 23.2 Å². The molecule has 0 aliphatic heterocycles. The van der Waals surface area contributed by atoms with Crippen LogP contribution in [0, 0.1) is 0 Å². The molecule has 0 saturated heterocycles. The quantitative estimate of drug-likeness (QED) is 0.666. The molecule has 1 aliphatic carbocycles. The van der Waals surface area contributed by atoms with Crippen LogP contribution in [-0.4, -0.2) is 0 Å². The number of benzene rings is 2. The molecular weight excluding hydrogens is 263 g/mol. The number of aryl methyl sites for hydroxylation is 1. The summed E-state index contributed by atoms with van der Waals surface area (Å²) < 4.78 is 0. The average molecular weight is 277 g/mol. The van der Waals surface area contributed by atoms with E-state index >= 15 is 0 Å². The third-order valence-corrected chi connectivity index (χ3v) is 4.50. The van der Waals surface area contributed by atoms with Crippen molar-refractivity contribution >= 4 is 23.2 Å². The maximum atomic E-state index is 6.10. The average Bonchev–Trinajstić information content (AvgIpc) is 2.41. The molecule has 0 unspecified atom stereocenters. The standard InChI is InChI=1S/C16H14Cl2/c17-15-8-7-14(10-16(15)18)13-6-5-11-3-1-2-4-12(11)9-13/h1-4,7-8,10,13H,5-6,9H2/t13-/m0/s1. The molecule has 2 heteroatoms. The lowest BCUT2D eigenvalue weighted by Crippen LogP contribution is -2.12. The van der Waals surface area contributed by atoms with Crippen molar-refractivity contribution in [3.63, 3.8) is 0 Å². The molecule has 1 aliphatic rings. The molecule has 0 nitrogen and oxygen atoms in total. The lowest BCUT2D eigenvalue weighted by atomic mass is 9.80. The van der Waals surface area contributed by atoms with Crippen molar-refractivity contribution in [2.45, 2.75) is 25.2 Å². The maximum absolute atomic E-state index is 6.10. The third-order valence-electron chi connectivity index (χ3n) is 3.76. The Hall–Kier alpha value is -0.980. The Balaban J connectivity index is 1.89. The topological polar surface area (TPSA) is 0 Å². The molecule has 0 fully saturated rings. The van der Waals surface area contributed by atoms with Gasteiger partial charge in [0.15, 0.2) is 0 Å². The van der Waals surface area contributed by atoms with E-state index in [2.05, 4.69) is 30.3 Å². The van der Waals surface area contributed by atoms with Crippen LogP contribution in [0.25, 0.3) is 0 Å². The highest BCUT2D eigenvalue weighted by Gasteiger charge is 2.20. The Labute approximate surface area is 118 Å². The van der Waals surface area contributed by atoms with Crippen LogP contribution in [0.1, 0.15) is 29.0 Å². The zero-order valence-corrected chi connectivity index (χ0v) is 11.5. The van der Waals surface area contributed by atoms with E-state index in [1.807, 2.05) is 12.1 Å². The lowest BCUT2D eigenvalue weighted by Gasteiger charge is -2.25. The van der Waals surface area contributed by atoms with Gasteiger partial charge in [-0.1, -0.05) is 53.5 Å². The molecule has 2 aromatic carbocycles. The van der Waals surface area contributed by atoms with Crippen molar-refractivity contribution in [2.75, 3.05) is 0 Å². The summed E-state index contributed by atoms with van der Waals surface area (Å²) in [6, 6.07) is 14.7. The van der Waals surface area contributed by atoms with Crippen molar-refractivity contribution in [3.05, 3.63) is 69.2 Å². The molecule has 0 spiro atoms. The van der Waals surface area contributed by atoms with Gasteiger partial charge in [-0.25, -0.2) is 0 Å². The van der Waals surface area contributed by atoms with Crippen LogP contribution in [0.4, 0.5) is 0 Å². The molecular formula is C16H14Cl2. The minimum atomic E-state index is 0.565. The van der Waals surface area contributed by atoms with Gasteiger partial charge in [-0.2, -0.15) is 0 Å². The van der Waals surface area contributed by atoms with Crippen molar-refractivity contribution in [1.29, 1.82) is 0 Å². The zero-order chi connectivity index (χ0) is 12.5. The first-order valence-electron chi connectivity index (χ1n) is 6.26. The van der Waals surface area contributed by atoms with E-state index < -0.39 is 0 Å². The number of hydrogen-bond donors (Lipinski definition) is 0. The van der Waals surface area contributed by atoms with Gasteiger partial charge in [0.25, 0.3) is 0 Å². The van der Waals surface area contributed by atoms with Crippen molar-refractivity contribution in [2.24, 2.45) is 0 Å². The summed E-state index contributed by atoms with van der Waals surface area (Å²) >= 11 is 12.1. The number of rotatable bonds is 1. The highest BCUT2D eigenvalue weighted by Crippen LogP contribution is 2.35. The smallest absolute Gasteiger partial charge is 0.0595 e. The molecule has 0 aromatic heterocycles. The Morgan fingerprint density at radius 2 is 1.67 bits per heavy atom. The van der Waals surface area contributed by atoms with E-state index in [9.17, 15) is 0 Å². The van der Waals surface area contributed by atoms with E-state index in [-0.39, 0.29) is 0 Å². The second kappa shape index (κ2) is 4.95. The number of halogens is 2. The first-order chi connectivity index (χ1) is 8.74. The van der Waals surface area contributed by atoms with Gasteiger partial charge in [0, 0.05) is 0 Å². The normalized spacial score (nSPS) is 18.4. The molecule has 18 heavy (non-hydrogen) atoms. The summed E-state index contributed by atoms with van der Waals surface area (Å²) in [4.78, 5) is 0. The van der Waals surface area contributed by atoms with Gasteiger partial charge < -0.3 is 0 Å². The van der Waals surface area contributed by atoms with Gasteiger partial charge in [0.1, 0.15) is 0 Å². The molecule has 0 heterocycles. The van der Waals surface area contributed by atoms with Crippen LogP contribution in [-0.2, 0) is 12.8 Å². The molecule has 0 N–H and O–H groups in total. The summed E-state index contributed by atoms with van der Waals surface area (Å²) in [5.41, 5.74) is 4.27.